The summed E-state index contributed by atoms with van der Waals surface area (Å²) in [4.78, 5) is 38.8. The minimum Gasteiger partial charge on any atom is -0.442 e. The molecule has 0 aliphatic carbocycles. The summed E-state index contributed by atoms with van der Waals surface area (Å²) in [6.45, 7) is 3.88. The van der Waals surface area contributed by atoms with Gasteiger partial charge < -0.3 is 31.7 Å². The van der Waals surface area contributed by atoms with Crippen molar-refractivity contribution in [3.05, 3.63) is 35.9 Å². The number of nitrogens with two attached hydrogens (primary N) is 2. The minimum atomic E-state index is -0.590. The average Bonchev–Trinajstić information content (AvgIpc) is 3.01. The fourth-order valence-corrected chi connectivity index (χ4v) is 3.67. The maximum atomic E-state index is 15.0. The SMILES string of the molecule is CC(=O)NC[C@H]1CN(c2ccc(N3CCNN(C(=O)CNC/C(N)=C/N)CC3)c(F)c2)C(=O)O1. The second kappa shape index (κ2) is 11.5. The van der Waals surface area contributed by atoms with Gasteiger partial charge in [0.1, 0.15) is 11.9 Å². The number of hydrogen-bond acceptors (Lipinski definition) is 9. The predicted molar refractivity (Wildman–Crippen MR) is 124 cm³/mol. The van der Waals surface area contributed by atoms with Gasteiger partial charge >= 0.3 is 6.09 Å². The Bertz CT molecular complexity index is 943. The van der Waals surface area contributed by atoms with Crippen LogP contribution in [0.1, 0.15) is 6.92 Å². The number of cyclic esters (lactones) is 1. The van der Waals surface area contributed by atoms with Gasteiger partial charge in [0.15, 0.2) is 0 Å². The number of nitrogens with one attached hydrogen (secondary N) is 3. The highest BCUT2D eigenvalue weighted by Crippen LogP contribution is 2.28. The number of amides is 3. The summed E-state index contributed by atoms with van der Waals surface area (Å²) in [5.74, 6) is -0.869. The number of anilines is 2. The lowest BCUT2D eigenvalue weighted by Crippen LogP contribution is -2.47. The summed E-state index contributed by atoms with van der Waals surface area (Å²) in [5, 5.41) is 7.02. The van der Waals surface area contributed by atoms with Crippen LogP contribution in [0.25, 0.3) is 0 Å². The maximum Gasteiger partial charge on any atom is 0.414 e. The first-order valence-corrected chi connectivity index (χ1v) is 11.0. The fourth-order valence-electron chi connectivity index (χ4n) is 3.67. The largest absolute Gasteiger partial charge is 0.442 e. The van der Waals surface area contributed by atoms with Gasteiger partial charge in [-0.15, -0.1) is 0 Å². The molecule has 12 nitrogen and oxygen atoms in total. The molecule has 3 amide bonds. The number of rotatable bonds is 8. The molecule has 0 saturated carbocycles. The van der Waals surface area contributed by atoms with Gasteiger partial charge in [-0.25, -0.2) is 14.6 Å². The van der Waals surface area contributed by atoms with Crippen molar-refractivity contribution in [1.29, 1.82) is 0 Å². The third kappa shape index (κ3) is 6.48. The van der Waals surface area contributed by atoms with E-state index in [0.29, 0.717) is 49.8 Å². The Morgan fingerprint density at radius 1 is 1.29 bits per heavy atom. The first kappa shape index (κ1) is 25.1. The third-order valence-corrected chi connectivity index (χ3v) is 5.43. The van der Waals surface area contributed by atoms with Crippen LogP contribution in [0.5, 0.6) is 0 Å². The molecule has 2 fully saturated rings. The van der Waals surface area contributed by atoms with Crippen LogP contribution in [0.15, 0.2) is 30.1 Å². The van der Waals surface area contributed by atoms with Crippen molar-refractivity contribution in [1.82, 2.24) is 21.1 Å². The van der Waals surface area contributed by atoms with Crippen LogP contribution < -0.4 is 37.3 Å². The van der Waals surface area contributed by atoms with Crippen LogP contribution in [0.2, 0.25) is 0 Å². The molecule has 0 radical (unpaired) electrons. The standard InChI is InChI=1S/C21H31FN8O4/c1-14(31)26-11-17-13-29(21(33)34-17)16-2-3-19(18(22)8-16)28-5-4-27-30(7-6-28)20(32)12-25-10-15(24)9-23/h2-3,8-9,17,25,27H,4-7,10-13,23-24H2,1H3,(H,26,31)/b15-9-/t17-/m0/s1. The van der Waals surface area contributed by atoms with E-state index in [4.69, 9.17) is 16.2 Å². The Balaban J connectivity index is 1.57. The van der Waals surface area contributed by atoms with Gasteiger partial charge in [0.25, 0.3) is 5.91 Å². The summed E-state index contributed by atoms with van der Waals surface area (Å²) in [7, 11) is 0. The number of hydrogen-bond donors (Lipinski definition) is 5. The lowest BCUT2D eigenvalue weighted by Gasteiger charge is -2.24. The Labute approximate surface area is 197 Å². The molecule has 2 heterocycles. The summed E-state index contributed by atoms with van der Waals surface area (Å²) < 4.78 is 20.3. The number of carbonyl (C=O) groups excluding carboxylic acids is 3. The molecule has 13 heteroatoms. The predicted octanol–water partition coefficient (Wildman–Crippen LogP) is -1.21. The quantitative estimate of drug-likeness (QED) is 0.309. The summed E-state index contributed by atoms with van der Waals surface area (Å²) in [5.41, 5.74) is 15.1. The van der Waals surface area contributed by atoms with Crippen molar-refractivity contribution in [3.8, 4) is 0 Å². The highest BCUT2D eigenvalue weighted by molar-refractivity contribution is 5.90. The van der Waals surface area contributed by atoms with E-state index < -0.39 is 18.0 Å². The molecule has 0 bridgehead atoms. The van der Waals surface area contributed by atoms with Gasteiger partial charge in [-0.3, -0.25) is 19.5 Å². The van der Waals surface area contributed by atoms with Gasteiger partial charge in [-0.05, 0) is 18.2 Å². The molecule has 0 aromatic heterocycles. The molecule has 7 N–H and O–H groups in total. The molecule has 0 unspecified atom stereocenters. The van der Waals surface area contributed by atoms with Gasteiger partial charge in [-0.1, -0.05) is 0 Å². The topological polar surface area (TPSA) is 158 Å². The van der Waals surface area contributed by atoms with E-state index in [0.717, 1.165) is 0 Å². The van der Waals surface area contributed by atoms with Gasteiger partial charge in [0.05, 0.1) is 37.6 Å². The highest BCUT2D eigenvalue weighted by atomic mass is 19.1. The molecule has 34 heavy (non-hydrogen) atoms. The van der Waals surface area contributed by atoms with Crippen LogP contribution in [0.4, 0.5) is 20.6 Å². The number of halogens is 1. The molecule has 2 aliphatic rings. The second-order valence-electron chi connectivity index (χ2n) is 7.97. The van der Waals surface area contributed by atoms with E-state index in [9.17, 15) is 14.4 Å². The molecule has 1 aromatic carbocycles. The number of benzene rings is 1. The number of hydrazine groups is 1. The molecule has 0 spiro atoms. The van der Waals surface area contributed by atoms with Crippen LogP contribution in [0, 0.1) is 5.82 Å². The van der Waals surface area contributed by atoms with Crippen LogP contribution >= 0.6 is 0 Å². The maximum absolute atomic E-state index is 15.0. The normalized spacial score (nSPS) is 19.1. The fraction of sp³-hybridized carbons (Fsp3) is 0.476. The Morgan fingerprint density at radius 2 is 2.09 bits per heavy atom. The summed E-state index contributed by atoms with van der Waals surface area (Å²) in [6.07, 6.45) is 0.181. The van der Waals surface area contributed by atoms with Crippen molar-refractivity contribution in [2.24, 2.45) is 11.5 Å². The summed E-state index contributed by atoms with van der Waals surface area (Å²) in [6, 6.07) is 4.55. The summed E-state index contributed by atoms with van der Waals surface area (Å²) >= 11 is 0. The Morgan fingerprint density at radius 3 is 2.79 bits per heavy atom. The van der Waals surface area contributed by atoms with Crippen molar-refractivity contribution in [2.75, 3.05) is 62.2 Å². The van der Waals surface area contributed by atoms with Crippen molar-refractivity contribution in [2.45, 2.75) is 13.0 Å². The van der Waals surface area contributed by atoms with Crippen LogP contribution in [-0.2, 0) is 14.3 Å². The molecular formula is C21H31FN8O4. The number of ether oxygens (including phenoxy) is 1. The molecule has 1 atom stereocenters. The molecule has 1 aromatic rings. The van der Waals surface area contributed by atoms with Crippen LogP contribution in [-0.4, -0.2) is 81.4 Å². The van der Waals surface area contributed by atoms with E-state index in [-0.39, 0.29) is 31.4 Å². The van der Waals surface area contributed by atoms with Crippen molar-refractivity contribution in [3.63, 3.8) is 0 Å². The average molecular weight is 479 g/mol. The van der Waals surface area contributed by atoms with E-state index in [1.165, 1.54) is 29.1 Å². The lowest BCUT2D eigenvalue weighted by molar-refractivity contribution is -0.133. The molecule has 186 valence electrons. The molecule has 2 saturated heterocycles. The smallest absolute Gasteiger partial charge is 0.414 e. The van der Waals surface area contributed by atoms with Crippen molar-refractivity contribution >= 4 is 29.3 Å². The number of carbonyl (C=O) groups is 3. The van der Waals surface area contributed by atoms with Crippen molar-refractivity contribution < 1.29 is 23.5 Å². The first-order chi connectivity index (χ1) is 16.3. The zero-order valence-corrected chi connectivity index (χ0v) is 19.1. The van der Waals surface area contributed by atoms with E-state index >= 15 is 4.39 Å². The zero-order valence-electron chi connectivity index (χ0n) is 19.1. The third-order valence-electron chi connectivity index (χ3n) is 5.43. The zero-order chi connectivity index (χ0) is 24.7. The Kier molecular flexibility index (Phi) is 8.49. The molecular weight excluding hydrogens is 447 g/mol. The van der Waals surface area contributed by atoms with Gasteiger partial charge in [-0.2, -0.15) is 0 Å². The van der Waals surface area contributed by atoms with Gasteiger partial charge in [0, 0.05) is 45.0 Å². The monoisotopic (exact) mass is 478 g/mol. The first-order valence-electron chi connectivity index (χ1n) is 11.0. The van der Waals surface area contributed by atoms with E-state index in [1.54, 1.807) is 12.1 Å². The minimum absolute atomic E-state index is 0.0828. The van der Waals surface area contributed by atoms with Gasteiger partial charge in [0.2, 0.25) is 5.91 Å². The highest BCUT2D eigenvalue weighted by Gasteiger charge is 2.33. The molecule has 3 rings (SSSR count). The second-order valence-corrected chi connectivity index (χ2v) is 7.97. The van der Waals surface area contributed by atoms with E-state index in [2.05, 4.69) is 16.1 Å². The Hall–Kier alpha value is -3.58. The number of nitrogens with zero attached hydrogens (tertiary/aromatic N) is 3. The lowest BCUT2D eigenvalue weighted by atomic mass is 10.2. The van der Waals surface area contributed by atoms with Crippen LogP contribution in [0.3, 0.4) is 0 Å². The molecule has 2 aliphatic heterocycles. The van der Waals surface area contributed by atoms with E-state index in [1.807, 2.05) is 4.90 Å².